The Balaban J connectivity index is 1.92. The van der Waals surface area contributed by atoms with Crippen molar-refractivity contribution in [2.45, 2.75) is 20.4 Å². The molecule has 1 aliphatic rings. The predicted molar refractivity (Wildman–Crippen MR) is 76.7 cm³/mol. The van der Waals surface area contributed by atoms with Crippen LogP contribution in [-0.2, 0) is 11.3 Å². The van der Waals surface area contributed by atoms with Gasteiger partial charge < -0.3 is 9.72 Å². The first kappa shape index (κ1) is 12.9. The van der Waals surface area contributed by atoms with Gasteiger partial charge in [0.25, 0.3) is 0 Å². The van der Waals surface area contributed by atoms with Crippen LogP contribution >= 0.6 is 11.6 Å². The van der Waals surface area contributed by atoms with Crippen molar-refractivity contribution in [2.75, 3.05) is 26.3 Å². The highest BCUT2D eigenvalue weighted by Gasteiger charge is 2.14. The zero-order chi connectivity index (χ0) is 13.4. The number of aromatic amines is 1. The van der Waals surface area contributed by atoms with Crippen LogP contribution in [0.1, 0.15) is 17.0 Å². The number of nitrogens with one attached hydrogen (secondary N) is 1. The SMILES string of the molecule is Cc1nc(Cl)c2cc(CN3CCOCC3)[nH]c2c1C. The van der Waals surface area contributed by atoms with Gasteiger partial charge in [-0.3, -0.25) is 4.90 Å². The number of aromatic nitrogens is 2. The van der Waals surface area contributed by atoms with Crippen LogP contribution in [0.4, 0.5) is 0 Å². The summed E-state index contributed by atoms with van der Waals surface area (Å²) in [5.41, 5.74) is 4.46. The Bertz CT molecular complexity index is 602. The lowest BCUT2D eigenvalue weighted by molar-refractivity contribution is 0.0337. The third kappa shape index (κ3) is 2.48. The fourth-order valence-corrected chi connectivity index (χ4v) is 2.80. The van der Waals surface area contributed by atoms with Crippen LogP contribution in [0.25, 0.3) is 10.9 Å². The highest BCUT2D eigenvalue weighted by atomic mass is 35.5. The first-order chi connectivity index (χ1) is 9.15. The van der Waals surface area contributed by atoms with E-state index in [1.54, 1.807) is 0 Å². The highest BCUT2D eigenvalue weighted by Crippen LogP contribution is 2.27. The first-order valence-corrected chi connectivity index (χ1v) is 6.97. The van der Waals surface area contributed by atoms with Crippen molar-refractivity contribution < 1.29 is 4.74 Å². The molecule has 3 heterocycles. The van der Waals surface area contributed by atoms with E-state index >= 15 is 0 Å². The number of aryl methyl sites for hydroxylation is 2. The van der Waals surface area contributed by atoms with Gasteiger partial charge in [-0.15, -0.1) is 0 Å². The number of rotatable bonds is 2. The number of nitrogens with zero attached hydrogens (tertiary/aromatic N) is 2. The van der Waals surface area contributed by atoms with Gasteiger partial charge in [0.05, 0.1) is 18.7 Å². The quantitative estimate of drug-likeness (QED) is 0.860. The van der Waals surface area contributed by atoms with Gasteiger partial charge in [-0.25, -0.2) is 4.98 Å². The maximum Gasteiger partial charge on any atom is 0.138 e. The number of hydrogen-bond acceptors (Lipinski definition) is 3. The standard InChI is InChI=1S/C14H18ClN3O/c1-9-10(2)16-14(15)12-7-11(17-13(9)12)8-18-3-5-19-6-4-18/h7,17H,3-6,8H2,1-2H3. The lowest BCUT2D eigenvalue weighted by Gasteiger charge is -2.25. The average molecular weight is 280 g/mol. The van der Waals surface area contributed by atoms with Gasteiger partial charge in [0.2, 0.25) is 0 Å². The molecule has 0 amide bonds. The topological polar surface area (TPSA) is 41.2 Å². The van der Waals surface area contributed by atoms with Crippen molar-refractivity contribution in [1.82, 2.24) is 14.9 Å². The fourth-order valence-electron chi connectivity index (χ4n) is 2.53. The summed E-state index contributed by atoms with van der Waals surface area (Å²) in [4.78, 5) is 10.2. The van der Waals surface area contributed by atoms with E-state index in [0.29, 0.717) is 5.15 Å². The van der Waals surface area contributed by atoms with Gasteiger partial charge in [0.15, 0.2) is 0 Å². The molecule has 4 nitrogen and oxygen atoms in total. The second-order valence-corrected chi connectivity index (χ2v) is 5.44. The number of pyridine rings is 1. The molecule has 102 valence electrons. The van der Waals surface area contributed by atoms with E-state index in [0.717, 1.165) is 49.4 Å². The number of hydrogen-bond donors (Lipinski definition) is 1. The summed E-state index contributed by atoms with van der Waals surface area (Å²) in [6.07, 6.45) is 0. The number of fused-ring (bicyclic) bond motifs is 1. The molecule has 2 aromatic rings. The third-order valence-corrected chi connectivity index (χ3v) is 4.07. The molecule has 1 fully saturated rings. The smallest absolute Gasteiger partial charge is 0.138 e. The van der Waals surface area contributed by atoms with E-state index in [1.165, 1.54) is 11.3 Å². The van der Waals surface area contributed by atoms with Crippen molar-refractivity contribution in [2.24, 2.45) is 0 Å². The van der Waals surface area contributed by atoms with E-state index in [1.807, 2.05) is 6.92 Å². The van der Waals surface area contributed by atoms with Crippen LogP contribution in [0.2, 0.25) is 5.15 Å². The lowest BCUT2D eigenvalue weighted by Crippen LogP contribution is -2.35. The molecule has 2 aromatic heterocycles. The van der Waals surface area contributed by atoms with Crippen molar-refractivity contribution >= 4 is 22.5 Å². The summed E-state index contributed by atoms with van der Waals surface area (Å²) in [7, 11) is 0. The van der Waals surface area contributed by atoms with Crippen LogP contribution in [-0.4, -0.2) is 41.2 Å². The minimum Gasteiger partial charge on any atom is -0.379 e. The van der Waals surface area contributed by atoms with Crippen LogP contribution in [0.15, 0.2) is 6.07 Å². The monoisotopic (exact) mass is 279 g/mol. The molecule has 3 rings (SSSR count). The first-order valence-electron chi connectivity index (χ1n) is 6.59. The Hall–Kier alpha value is -1.10. The van der Waals surface area contributed by atoms with Crippen LogP contribution in [0.5, 0.6) is 0 Å². The minimum atomic E-state index is 0.586. The zero-order valence-electron chi connectivity index (χ0n) is 11.3. The Morgan fingerprint density at radius 3 is 2.84 bits per heavy atom. The normalized spacial score (nSPS) is 17.2. The van der Waals surface area contributed by atoms with Crippen molar-refractivity contribution in [3.63, 3.8) is 0 Å². The van der Waals surface area contributed by atoms with Gasteiger partial charge in [-0.2, -0.15) is 0 Å². The second-order valence-electron chi connectivity index (χ2n) is 5.08. The zero-order valence-corrected chi connectivity index (χ0v) is 12.0. The fraction of sp³-hybridized carbons (Fsp3) is 0.500. The molecule has 0 bridgehead atoms. The molecular weight excluding hydrogens is 262 g/mol. The van der Waals surface area contributed by atoms with Gasteiger partial charge in [-0.1, -0.05) is 11.6 Å². The minimum absolute atomic E-state index is 0.586. The molecule has 1 aliphatic heterocycles. The molecule has 1 saturated heterocycles. The second kappa shape index (κ2) is 5.12. The summed E-state index contributed by atoms with van der Waals surface area (Å²) in [6.45, 7) is 8.59. The van der Waals surface area contributed by atoms with E-state index in [2.05, 4.69) is 27.9 Å². The van der Waals surface area contributed by atoms with E-state index in [9.17, 15) is 0 Å². The predicted octanol–water partition coefficient (Wildman–Crippen LogP) is 2.67. The highest BCUT2D eigenvalue weighted by molar-refractivity contribution is 6.34. The third-order valence-electron chi connectivity index (χ3n) is 3.78. The van der Waals surface area contributed by atoms with Crippen molar-refractivity contribution in [3.8, 4) is 0 Å². The summed E-state index contributed by atoms with van der Waals surface area (Å²) >= 11 is 6.23. The Morgan fingerprint density at radius 1 is 1.37 bits per heavy atom. The molecule has 0 aromatic carbocycles. The van der Waals surface area contributed by atoms with E-state index < -0.39 is 0 Å². The molecule has 0 saturated carbocycles. The number of H-pyrrole nitrogens is 1. The maximum atomic E-state index is 6.23. The molecule has 5 heteroatoms. The largest absolute Gasteiger partial charge is 0.379 e. The Kier molecular flexibility index (Phi) is 3.48. The van der Waals surface area contributed by atoms with Crippen molar-refractivity contribution in [1.29, 1.82) is 0 Å². The number of ether oxygens (including phenoxy) is 1. The number of morpholine rings is 1. The summed E-state index contributed by atoms with van der Waals surface area (Å²) in [6, 6.07) is 2.12. The van der Waals surface area contributed by atoms with Gasteiger partial charge in [-0.05, 0) is 25.5 Å². The Morgan fingerprint density at radius 2 is 2.11 bits per heavy atom. The van der Waals surface area contributed by atoms with Crippen LogP contribution in [0.3, 0.4) is 0 Å². The molecule has 0 aliphatic carbocycles. The molecule has 1 N–H and O–H groups in total. The molecule has 0 unspecified atom stereocenters. The van der Waals surface area contributed by atoms with Gasteiger partial charge in [0.1, 0.15) is 5.15 Å². The summed E-state index contributed by atoms with van der Waals surface area (Å²) in [5.74, 6) is 0. The van der Waals surface area contributed by atoms with E-state index in [-0.39, 0.29) is 0 Å². The lowest BCUT2D eigenvalue weighted by atomic mass is 10.2. The van der Waals surface area contributed by atoms with Gasteiger partial charge >= 0.3 is 0 Å². The van der Waals surface area contributed by atoms with Crippen LogP contribution in [0, 0.1) is 13.8 Å². The van der Waals surface area contributed by atoms with Crippen molar-refractivity contribution in [3.05, 3.63) is 28.2 Å². The van der Waals surface area contributed by atoms with Crippen LogP contribution < -0.4 is 0 Å². The molecule has 0 atom stereocenters. The van der Waals surface area contributed by atoms with Gasteiger partial charge in [0, 0.05) is 36.4 Å². The average Bonchev–Trinajstić information content (AvgIpc) is 2.82. The maximum absolute atomic E-state index is 6.23. The molecule has 0 spiro atoms. The summed E-state index contributed by atoms with van der Waals surface area (Å²) in [5, 5.41) is 1.61. The number of halogens is 1. The molecule has 0 radical (unpaired) electrons. The summed E-state index contributed by atoms with van der Waals surface area (Å²) < 4.78 is 5.37. The van der Waals surface area contributed by atoms with E-state index in [4.69, 9.17) is 16.3 Å². The molecule has 19 heavy (non-hydrogen) atoms. The Labute approximate surface area is 117 Å². The molecular formula is C14H18ClN3O.